The standard InChI is InChI=1S/C10H22N2/c1-10(2,6-7-11)9(12)8-4-3-5-8/h8-9H,3-7,11-12H2,1-2H3. The predicted octanol–water partition coefficient (Wildman–Crippen LogP) is 1.49. The summed E-state index contributed by atoms with van der Waals surface area (Å²) in [6.45, 7) is 5.24. The largest absolute Gasteiger partial charge is 0.330 e. The topological polar surface area (TPSA) is 52.0 Å². The Kier molecular flexibility index (Phi) is 3.13. The van der Waals surface area contributed by atoms with E-state index in [1.807, 2.05) is 0 Å². The summed E-state index contributed by atoms with van der Waals surface area (Å²) in [5.74, 6) is 0.770. The molecule has 1 fully saturated rings. The molecule has 1 rings (SSSR count). The molecule has 0 bridgehead atoms. The average molecular weight is 170 g/mol. The van der Waals surface area contributed by atoms with Gasteiger partial charge in [-0.05, 0) is 37.1 Å². The van der Waals surface area contributed by atoms with Crippen molar-refractivity contribution < 1.29 is 0 Å². The van der Waals surface area contributed by atoms with E-state index in [1.165, 1.54) is 19.3 Å². The fourth-order valence-electron chi connectivity index (χ4n) is 1.98. The summed E-state index contributed by atoms with van der Waals surface area (Å²) < 4.78 is 0. The fraction of sp³-hybridized carbons (Fsp3) is 1.00. The summed E-state index contributed by atoms with van der Waals surface area (Å²) in [7, 11) is 0. The third-order valence-corrected chi connectivity index (χ3v) is 3.35. The first-order chi connectivity index (χ1) is 5.58. The van der Waals surface area contributed by atoms with E-state index in [0.29, 0.717) is 6.04 Å². The molecule has 0 amide bonds. The minimum absolute atomic E-state index is 0.236. The van der Waals surface area contributed by atoms with Crippen LogP contribution in [0.25, 0.3) is 0 Å². The van der Waals surface area contributed by atoms with E-state index >= 15 is 0 Å². The fourth-order valence-corrected chi connectivity index (χ4v) is 1.98. The molecule has 1 aliphatic rings. The highest BCUT2D eigenvalue weighted by Gasteiger charge is 2.34. The van der Waals surface area contributed by atoms with E-state index in [-0.39, 0.29) is 5.41 Å². The SMILES string of the molecule is CC(C)(CCN)C(N)C1CCC1. The van der Waals surface area contributed by atoms with Gasteiger partial charge in [0.25, 0.3) is 0 Å². The highest BCUT2D eigenvalue weighted by atomic mass is 14.7. The van der Waals surface area contributed by atoms with E-state index < -0.39 is 0 Å². The molecule has 1 atom stereocenters. The zero-order valence-corrected chi connectivity index (χ0v) is 8.34. The summed E-state index contributed by atoms with van der Waals surface area (Å²) in [5.41, 5.74) is 12.0. The van der Waals surface area contributed by atoms with Gasteiger partial charge >= 0.3 is 0 Å². The molecule has 0 spiro atoms. The van der Waals surface area contributed by atoms with Crippen LogP contribution in [0.5, 0.6) is 0 Å². The zero-order chi connectivity index (χ0) is 9.19. The minimum atomic E-state index is 0.236. The Morgan fingerprint density at radius 2 is 2.00 bits per heavy atom. The lowest BCUT2D eigenvalue weighted by molar-refractivity contribution is 0.142. The Morgan fingerprint density at radius 3 is 2.33 bits per heavy atom. The van der Waals surface area contributed by atoms with Gasteiger partial charge in [-0.15, -0.1) is 0 Å². The third kappa shape index (κ3) is 1.99. The lowest BCUT2D eigenvalue weighted by Gasteiger charge is -2.41. The van der Waals surface area contributed by atoms with Crippen molar-refractivity contribution in [3.05, 3.63) is 0 Å². The van der Waals surface area contributed by atoms with Crippen LogP contribution in [0.3, 0.4) is 0 Å². The first-order valence-electron chi connectivity index (χ1n) is 5.03. The highest BCUT2D eigenvalue weighted by Crippen LogP contribution is 2.37. The van der Waals surface area contributed by atoms with Gasteiger partial charge in [0.05, 0.1) is 0 Å². The maximum Gasteiger partial charge on any atom is 0.0119 e. The molecule has 0 heterocycles. The van der Waals surface area contributed by atoms with Crippen LogP contribution in [0.1, 0.15) is 39.5 Å². The van der Waals surface area contributed by atoms with Crippen LogP contribution >= 0.6 is 0 Å². The minimum Gasteiger partial charge on any atom is -0.330 e. The Morgan fingerprint density at radius 1 is 1.42 bits per heavy atom. The zero-order valence-electron chi connectivity index (χ0n) is 8.34. The van der Waals surface area contributed by atoms with Gasteiger partial charge in [-0.3, -0.25) is 0 Å². The molecular formula is C10H22N2. The van der Waals surface area contributed by atoms with Gasteiger partial charge in [0, 0.05) is 6.04 Å². The molecule has 72 valence electrons. The third-order valence-electron chi connectivity index (χ3n) is 3.35. The molecule has 0 aliphatic heterocycles. The molecule has 0 saturated heterocycles. The van der Waals surface area contributed by atoms with Crippen molar-refractivity contribution in [2.24, 2.45) is 22.8 Å². The van der Waals surface area contributed by atoms with Gasteiger partial charge in [0.15, 0.2) is 0 Å². The lowest BCUT2D eigenvalue weighted by Crippen LogP contribution is -2.46. The van der Waals surface area contributed by atoms with Crippen LogP contribution in [0.15, 0.2) is 0 Å². The van der Waals surface area contributed by atoms with Crippen LogP contribution in [0.4, 0.5) is 0 Å². The van der Waals surface area contributed by atoms with Gasteiger partial charge in [0.2, 0.25) is 0 Å². The summed E-state index contributed by atoms with van der Waals surface area (Å²) >= 11 is 0. The number of rotatable bonds is 4. The van der Waals surface area contributed by atoms with Gasteiger partial charge in [-0.2, -0.15) is 0 Å². The molecule has 1 saturated carbocycles. The maximum atomic E-state index is 6.19. The van der Waals surface area contributed by atoms with Gasteiger partial charge in [-0.25, -0.2) is 0 Å². The van der Waals surface area contributed by atoms with Gasteiger partial charge in [-0.1, -0.05) is 20.3 Å². The Hall–Kier alpha value is -0.0800. The van der Waals surface area contributed by atoms with E-state index in [9.17, 15) is 0 Å². The number of nitrogens with two attached hydrogens (primary N) is 2. The Balaban J connectivity index is 2.41. The molecule has 4 N–H and O–H groups in total. The van der Waals surface area contributed by atoms with E-state index in [0.717, 1.165) is 18.9 Å². The quantitative estimate of drug-likeness (QED) is 0.671. The second-order valence-electron chi connectivity index (χ2n) is 4.74. The van der Waals surface area contributed by atoms with Crippen molar-refractivity contribution in [2.75, 3.05) is 6.54 Å². The van der Waals surface area contributed by atoms with Crippen LogP contribution in [0, 0.1) is 11.3 Å². The normalized spacial score (nSPS) is 22.0. The Bertz CT molecular complexity index is 139. The molecule has 1 unspecified atom stereocenters. The second-order valence-corrected chi connectivity index (χ2v) is 4.74. The summed E-state index contributed by atoms with van der Waals surface area (Å²) in [6.07, 6.45) is 5.08. The molecule has 1 aliphatic carbocycles. The van der Waals surface area contributed by atoms with Gasteiger partial charge < -0.3 is 11.5 Å². The Labute approximate surface area is 75.7 Å². The summed E-state index contributed by atoms with van der Waals surface area (Å²) in [4.78, 5) is 0. The first-order valence-corrected chi connectivity index (χ1v) is 5.03. The van der Waals surface area contributed by atoms with Crippen molar-refractivity contribution in [2.45, 2.75) is 45.6 Å². The summed E-state index contributed by atoms with van der Waals surface area (Å²) in [6, 6.07) is 0.356. The van der Waals surface area contributed by atoms with E-state index in [2.05, 4.69) is 13.8 Å². The summed E-state index contributed by atoms with van der Waals surface area (Å²) in [5, 5.41) is 0. The average Bonchev–Trinajstić information content (AvgIpc) is 1.83. The van der Waals surface area contributed by atoms with Crippen molar-refractivity contribution >= 4 is 0 Å². The van der Waals surface area contributed by atoms with Crippen LogP contribution in [0.2, 0.25) is 0 Å². The molecule has 0 aromatic rings. The number of hydrogen-bond donors (Lipinski definition) is 2. The molecule has 2 heteroatoms. The maximum absolute atomic E-state index is 6.19. The van der Waals surface area contributed by atoms with E-state index in [4.69, 9.17) is 11.5 Å². The smallest absolute Gasteiger partial charge is 0.0119 e. The first kappa shape index (κ1) is 10.0. The predicted molar refractivity (Wildman–Crippen MR) is 52.8 cm³/mol. The van der Waals surface area contributed by atoms with Crippen LogP contribution in [-0.2, 0) is 0 Å². The molecular weight excluding hydrogens is 148 g/mol. The van der Waals surface area contributed by atoms with Crippen molar-refractivity contribution in [1.82, 2.24) is 0 Å². The molecule has 0 aromatic heterocycles. The second kappa shape index (κ2) is 3.75. The monoisotopic (exact) mass is 170 g/mol. The van der Waals surface area contributed by atoms with Crippen molar-refractivity contribution in [3.8, 4) is 0 Å². The van der Waals surface area contributed by atoms with Crippen molar-refractivity contribution in [3.63, 3.8) is 0 Å². The van der Waals surface area contributed by atoms with Crippen LogP contribution in [-0.4, -0.2) is 12.6 Å². The molecule has 0 aromatic carbocycles. The van der Waals surface area contributed by atoms with Gasteiger partial charge in [0.1, 0.15) is 0 Å². The molecule has 0 radical (unpaired) electrons. The molecule has 12 heavy (non-hydrogen) atoms. The highest BCUT2D eigenvalue weighted by molar-refractivity contribution is 4.90. The van der Waals surface area contributed by atoms with Crippen LogP contribution < -0.4 is 11.5 Å². The van der Waals surface area contributed by atoms with E-state index in [1.54, 1.807) is 0 Å². The van der Waals surface area contributed by atoms with Crippen molar-refractivity contribution in [1.29, 1.82) is 0 Å². The molecule has 2 nitrogen and oxygen atoms in total. The lowest BCUT2D eigenvalue weighted by atomic mass is 9.68. The number of hydrogen-bond acceptors (Lipinski definition) is 2.